The van der Waals surface area contributed by atoms with Crippen LogP contribution in [0.3, 0.4) is 0 Å². The number of anilines is 1. The van der Waals surface area contributed by atoms with Gasteiger partial charge in [-0.05, 0) is 30.4 Å². The third-order valence-corrected chi connectivity index (χ3v) is 4.68. The number of nitrogens with one attached hydrogen (secondary N) is 1. The molecule has 6 nitrogen and oxygen atoms in total. The summed E-state index contributed by atoms with van der Waals surface area (Å²) in [7, 11) is 3.01. The number of piperidine rings is 1. The average Bonchev–Trinajstić information content (AvgIpc) is 2.61. The second kappa shape index (κ2) is 8.57. The van der Waals surface area contributed by atoms with Crippen LogP contribution in [0.4, 0.5) is 10.5 Å². The van der Waals surface area contributed by atoms with Crippen molar-refractivity contribution in [3.8, 4) is 5.75 Å². The Morgan fingerprint density at radius 3 is 2.75 bits per heavy atom. The van der Waals surface area contributed by atoms with Gasteiger partial charge >= 0.3 is 12.0 Å². The Hall–Kier alpha value is -2.24. The molecule has 6 heteroatoms. The topological polar surface area (TPSA) is 67.9 Å². The maximum absolute atomic E-state index is 12.5. The molecular formula is C18H26N2O4. The smallest absolute Gasteiger partial charge is 0.321 e. The van der Waals surface area contributed by atoms with Crippen LogP contribution >= 0.6 is 0 Å². The van der Waals surface area contributed by atoms with Crippen molar-refractivity contribution in [1.29, 1.82) is 0 Å². The van der Waals surface area contributed by atoms with Gasteiger partial charge in [0, 0.05) is 31.3 Å². The van der Waals surface area contributed by atoms with Crippen LogP contribution in [0.5, 0.6) is 5.75 Å². The maximum Gasteiger partial charge on any atom is 0.321 e. The average molecular weight is 334 g/mol. The quantitative estimate of drug-likeness (QED) is 0.840. The number of nitrogens with zero attached hydrogens (tertiary/aromatic N) is 1. The fourth-order valence-electron chi connectivity index (χ4n) is 3.20. The molecule has 1 aromatic rings. The minimum Gasteiger partial charge on any atom is -0.497 e. The summed E-state index contributed by atoms with van der Waals surface area (Å²) in [4.78, 5) is 25.8. The standard InChI is InChI=1S/C18H26N2O4/c1-4-13-12-20(9-8-14(13)10-17(21)24-3)18(22)19-15-6-5-7-16(11-15)23-2/h5-7,11,13-14H,4,8-10,12H2,1-3H3,(H,19,22)/t13-,14+/m1/s1. The molecule has 0 bridgehead atoms. The predicted molar refractivity (Wildman–Crippen MR) is 92.1 cm³/mol. The molecule has 2 amide bonds. The van der Waals surface area contributed by atoms with Crippen LogP contribution < -0.4 is 10.1 Å². The number of urea groups is 1. The zero-order valence-electron chi connectivity index (χ0n) is 14.6. The Kier molecular flexibility index (Phi) is 6.46. The van der Waals surface area contributed by atoms with Gasteiger partial charge in [-0.3, -0.25) is 4.79 Å². The van der Waals surface area contributed by atoms with Crippen molar-refractivity contribution < 1.29 is 19.1 Å². The summed E-state index contributed by atoms with van der Waals surface area (Å²) in [6.45, 7) is 3.40. The summed E-state index contributed by atoms with van der Waals surface area (Å²) in [5.41, 5.74) is 0.712. The minimum atomic E-state index is -0.173. The minimum absolute atomic E-state index is 0.113. The van der Waals surface area contributed by atoms with Gasteiger partial charge in [-0.25, -0.2) is 4.79 Å². The third kappa shape index (κ3) is 4.63. The molecule has 24 heavy (non-hydrogen) atoms. The van der Waals surface area contributed by atoms with Crippen molar-refractivity contribution >= 4 is 17.7 Å². The van der Waals surface area contributed by atoms with Gasteiger partial charge in [-0.1, -0.05) is 19.4 Å². The summed E-state index contributed by atoms with van der Waals surface area (Å²) in [6, 6.07) is 7.19. The normalized spacial score (nSPS) is 20.4. The van der Waals surface area contributed by atoms with Gasteiger partial charge in [0.25, 0.3) is 0 Å². The Bertz CT molecular complexity index is 576. The molecule has 1 N–H and O–H groups in total. The van der Waals surface area contributed by atoms with Gasteiger partial charge in [0.15, 0.2) is 0 Å². The SMILES string of the molecule is CC[C@@H]1CN(C(=O)Nc2cccc(OC)c2)CC[C@H]1CC(=O)OC. The van der Waals surface area contributed by atoms with Crippen LogP contribution in [0.15, 0.2) is 24.3 Å². The maximum atomic E-state index is 12.5. The fourth-order valence-corrected chi connectivity index (χ4v) is 3.20. The lowest BCUT2D eigenvalue weighted by atomic mass is 9.81. The molecule has 1 aliphatic rings. The number of benzene rings is 1. The van der Waals surface area contributed by atoms with Crippen molar-refractivity contribution in [2.24, 2.45) is 11.8 Å². The monoisotopic (exact) mass is 334 g/mol. The summed E-state index contributed by atoms with van der Waals surface area (Å²) in [5.74, 6) is 1.13. The highest BCUT2D eigenvalue weighted by Gasteiger charge is 2.32. The van der Waals surface area contributed by atoms with Crippen molar-refractivity contribution in [3.05, 3.63) is 24.3 Å². The van der Waals surface area contributed by atoms with E-state index in [4.69, 9.17) is 9.47 Å². The Balaban J connectivity index is 1.95. The predicted octanol–water partition coefficient (Wildman–Crippen LogP) is 3.14. The molecule has 1 heterocycles. The van der Waals surface area contributed by atoms with E-state index in [2.05, 4.69) is 12.2 Å². The summed E-state index contributed by atoms with van der Waals surface area (Å²) in [6.07, 6.45) is 2.18. The van der Waals surface area contributed by atoms with Gasteiger partial charge < -0.3 is 19.7 Å². The largest absolute Gasteiger partial charge is 0.497 e. The van der Waals surface area contributed by atoms with Crippen LogP contribution in [0, 0.1) is 11.8 Å². The van der Waals surface area contributed by atoms with Gasteiger partial charge in [0.05, 0.1) is 14.2 Å². The molecule has 0 spiro atoms. The molecule has 1 saturated heterocycles. The molecule has 0 radical (unpaired) electrons. The lowest BCUT2D eigenvalue weighted by molar-refractivity contribution is -0.142. The first kappa shape index (κ1) is 18.1. The zero-order chi connectivity index (χ0) is 17.5. The van der Waals surface area contributed by atoms with E-state index in [1.807, 2.05) is 23.1 Å². The van der Waals surface area contributed by atoms with E-state index in [0.717, 1.165) is 12.8 Å². The molecule has 0 aliphatic carbocycles. The lowest BCUT2D eigenvalue weighted by Crippen LogP contribution is -2.46. The Morgan fingerprint density at radius 2 is 2.08 bits per heavy atom. The van der Waals surface area contributed by atoms with Gasteiger partial charge in [0.2, 0.25) is 0 Å². The number of ether oxygens (including phenoxy) is 2. The fraction of sp³-hybridized carbons (Fsp3) is 0.556. The summed E-state index contributed by atoms with van der Waals surface area (Å²) < 4.78 is 9.95. The first-order valence-electron chi connectivity index (χ1n) is 8.34. The van der Waals surface area contributed by atoms with Crippen molar-refractivity contribution in [2.45, 2.75) is 26.2 Å². The van der Waals surface area contributed by atoms with Crippen LogP contribution in [0.2, 0.25) is 0 Å². The number of methoxy groups -OCH3 is 2. The first-order chi connectivity index (χ1) is 11.6. The number of amides is 2. The van der Waals surface area contributed by atoms with E-state index in [0.29, 0.717) is 36.9 Å². The van der Waals surface area contributed by atoms with Crippen LogP contribution in [-0.2, 0) is 9.53 Å². The summed E-state index contributed by atoms with van der Waals surface area (Å²) >= 11 is 0. The Morgan fingerprint density at radius 1 is 1.29 bits per heavy atom. The van der Waals surface area contributed by atoms with Gasteiger partial charge in [-0.15, -0.1) is 0 Å². The number of likely N-dealkylation sites (tertiary alicyclic amines) is 1. The second-order valence-electron chi connectivity index (χ2n) is 6.11. The number of esters is 1. The van der Waals surface area contributed by atoms with Crippen LogP contribution in [-0.4, -0.2) is 44.2 Å². The lowest BCUT2D eigenvalue weighted by Gasteiger charge is -2.37. The third-order valence-electron chi connectivity index (χ3n) is 4.68. The number of hydrogen-bond donors (Lipinski definition) is 1. The van der Waals surface area contributed by atoms with Gasteiger partial charge in [-0.2, -0.15) is 0 Å². The first-order valence-corrected chi connectivity index (χ1v) is 8.34. The number of carbonyl (C=O) groups excluding carboxylic acids is 2. The van der Waals surface area contributed by atoms with Crippen LogP contribution in [0.25, 0.3) is 0 Å². The molecule has 0 aromatic heterocycles. The highest BCUT2D eigenvalue weighted by Crippen LogP contribution is 2.29. The molecular weight excluding hydrogens is 308 g/mol. The van der Waals surface area contributed by atoms with E-state index in [1.54, 1.807) is 13.2 Å². The molecule has 1 fully saturated rings. The van der Waals surface area contributed by atoms with E-state index in [-0.39, 0.29) is 17.9 Å². The molecule has 2 rings (SSSR count). The van der Waals surface area contributed by atoms with E-state index >= 15 is 0 Å². The highest BCUT2D eigenvalue weighted by atomic mass is 16.5. The summed E-state index contributed by atoms with van der Waals surface area (Å²) in [5, 5.41) is 2.91. The molecule has 0 saturated carbocycles. The van der Waals surface area contributed by atoms with E-state index < -0.39 is 0 Å². The molecule has 1 aliphatic heterocycles. The highest BCUT2D eigenvalue weighted by molar-refractivity contribution is 5.89. The van der Waals surface area contributed by atoms with Crippen molar-refractivity contribution in [1.82, 2.24) is 4.90 Å². The van der Waals surface area contributed by atoms with E-state index in [1.165, 1.54) is 7.11 Å². The van der Waals surface area contributed by atoms with Crippen molar-refractivity contribution in [2.75, 3.05) is 32.6 Å². The zero-order valence-corrected chi connectivity index (χ0v) is 14.6. The van der Waals surface area contributed by atoms with Crippen molar-refractivity contribution in [3.63, 3.8) is 0 Å². The molecule has 0 unspecified atom stereocenters. The molecule has 132 valence electrons. The number of hydrogen-bond acceptors (Lipinski definition) is 4. The molecule has 1 aromatic carbocycles. The molecule has 2 atom stereocenters. The number of rotatable bonds is 5. The van der Waals surface area contributed by atoms with Crippen LogP contribution in [0.1, 0.15) is 26.2 Å². The number of carbonyl (C=O) groups is 2. The second-order valence-corrected chi connectivity index (χ2v) is 6.11. The van der Waals surface area contributed by atoms with E-state index in [9.17, 15) is 9.59 Å². The van der Waals surface area contributed by atoms with Gasteiger partial charge in [0.1, 0.15) is 5.75 Å². The Labute approximate surface area is 143 Å².